The Bertz CT molecular complexity index is 510. The zero-order valence-corrected chi connectivity index (χ0v) is 12.9. The molecule has 116 valence electrons. The molecular weight excluding hydrogens is 266 g/mol. The number of benzene rings is 1. The van der Waals surface area contributed by atoms with Crippen LogP contribution in [0.4, 0.5) is 0 Å². The molecule has 5 heteroatoms. The monoisotopic (exact) mass is 291 g/mol. The largest absolute Gasteiger partial charge is 0.496 e. The average Bonchev–Trinajstić information content (AvgIpc) is 2.84. The lowest BCUT2D eigenvalue weighted by Crippen LogP contribution is -2.38. The van der Waals surface area contributed by atoms with E-state index in [2.05, 4.69) is 4.90 Å². The van der Waals surface area contributed by atoms with E-state index in [1.165, 1.54) is 0 Å². The molecule has 1 aliphatic rings. The normalized spacial score (nSPS) is 17.1. The van der Waals surface area contributed by atoms with Crippen LogP contribution in [0, 0.1) is 5.41 Å². The fraction of sp³-hybridized carbons (Fsp3) is 0.562. The smallest absolute Gasteiger partial charge is 0.130 e. The van der Waals surface area contributed by atoms with Gasteiger partial charge in [-0.05, 0) is 37.6 Å². The molecule has 0 heterocycles. The fourth-order valence-electron chi connectivity index (χ4n) is 3.12. The summed E-state index contributed by atoms with van der Waals surface area (Å²) in [6.45, 7) is 1.42. The van der Waals surface area contributed by atoms with E-state index >= 15 is 0 Å². The van der Waals surface area contributed by atoms with E-state index in [0.717, 1.165) is 37.8 Å². The Morgan fingerprint density at radius 2 is 2.10 bits per heavy atom. The molecule has 0 atom stereocenters. The molecule has 0 amide bonds. The zero-order chi connectivity index (χ0) is 15.5. The molecule has 21 heavy (non-hydrogen) atoms. The molecule has 0 saturated heterocycles. The first-order valence-corrected chi connectivity index (χ1v) is 7.36. The molecule has 0 spiro atoms. The summed E-state index contributed by atoms with van der Waals surface area (Å²) in [6, 6.07) is 5.68. The SMILES string of the molecule is COc1cc(CN(C)CC2(O)CCCC2)ccc1C(=N)N. The van der Waals surface area contributed by atoms with Crippen LogP contribution in [-0.4, -0.2) is 42.1 Å². The van der Waals surface area contributed by atoms with Gasteiger partial charge in [0.25, 0.3) is 0 Å². The highest BCUT2D eigenvalue weighted by atomic mass is 16.5. The summed E-state index contributed by atoms with van der Waals surface area (Å²) in [5.41, 5.74) is 6.69. The van der Waals surface area contributed by atoms with Gasteiger partial charge in [0.05, 0.1) is 18.3 Å². The van der Waals surface area contributed by atoms with Gasteiger partial charge >= 0.3 is 0 Å². The average molecular weight is 291 g/mol. The van der Waals surface area contributed by atoms with E-state index in [1.54, 1.807) is 7.11 Å². The van der Waals surface area contributed by atoms with Crippen molar-refractivity contribution in [1.29, 1.82) is 5.41 Å². The van der Waals surface area contributed by atoms with E-state index < -0.39 is 5.60 Å². The van der Waals surface area contributed by atoms with E-state index in [0.29, 0.717) is 17.9 Å². The van der Waals surface area contributed by atoms with Gasteiger partial charge in [-0.25, -0.2) is 0 Å². The molecule has 2 rings (SSSR count). The standard InChI is InChI=1S/C16H25N3O2/c1-19(11-16(20)7-3-4-8-16)10-12-5-6-13(15(17)18)14(9-12)21-2/h5-6,9,20H,3-4,7-8,10-11H2,1-2H3,(H3,17,18). The topological polar surface area (TPSA) is 82.6 Å². The number of likely N-dealkylation sites (N-methyl/N-ethyl adjacent to an activating group) is 1. The van der Waals surface area contributed by atoms with Crippen molar-refractivity contribution in [3.05, 3.63) is 29.3 Å². The van der Waals surface area contributed by atoms with Gasteiger partial charge in [-0.2, -0.15) is 0 Å². The van der Waals surface area contributed by atoms with E-state index in [9.17, 15) is 5.11 Å². The Hall–Kier alpha value is -1.59. The minimum absolute atomic E-state index is 0.00650. The minimum atomic E-state index is -0.530. The molecule has 0 aromatic heterocycles. The van der Waals surface area contributed by atoms with Crippen LogP contribution in [0.2, 0.25) is 0 Å². The van der Waals surface area contributed by atoms with Crippen molar-refractivity contribution in [3.8, 4) is 5.75 Å². The van der Waals surface area contributed by atoms with E-state index in [1.807, 2.05) is 25.2 Å². The number of hydrogen-bond acceptors (Lipinski definition) is 4. The Morgan fingerprint density at radius 1 is 1.43 bits per heavy atom. The highest BCUT2D eigenvalue weighted by Gasteiger charge is 2.32. The van der Waals surface area contributed by atoms with Crippen LogP contribution in [0.3, 0.4) is 0 Å². The van der Waals surface area contributed by atoms with Crippen molar-refractivity contribution in [2.75, 3.05) is 20.7 Å². The number of ether oxygens (including phenoxy) is 1. The third-order valence-electron chi connectivity index (χ3n) is 4.11. The summed E-state index contributed by atoms with van der Waals surface area (Å²) in [7, 11) is 3.60. The van der Waals surface area contributed by atoms with Crippen molar-refractivity contribution in [2.45, 2.75) is 37.8 Å². The number of rotatable bonds is 6. The predicted octanol–water partition coefficient (Wildman–Crippen LogP) is 1.72. The van der Waals surface area contributed by atoms with Crippen molar-refractivity contribution >= 4 is 5.84 Å². The fourth-order valence-corrected chi connectivity index (χ4v) is 3.12. The Balaban J connectivity index is 2.03. The first-order chi connectivity index (χ1) is 9.93. The van der Waals surface area contributed by atoms with Gasteiger partial charge in [0, 0.05) is 13.1 Å². The maximum absolute atomic E-state index is 10.4. The van der Waals surface area contributed by atoms with Crippen molar-refractivity contribution in [2.24, 2.45) is 5.73 Å². The van der Waals surface area contributed by atoms with Crippen LogP contribution in [0.25, 0.3) is 0 Å². The molecule has 5 nitrogen and oxygen atoms in total. The molecule has 1 fully saturated rings. The van der Waals surface area contributed by atoms with E-state index in [-0.39, 0.29) is 5.84 Å². The lowest BCUT2D eigenvalue weighted by Gasteiger charge is -2.28. The lowest BCUT2D eigenvalue weighted by atomic mass is 10.0. The van der Waals surface area contributed by atoms with Crippen LogP contribution in [0.1, 0.15) is 36.8 Å². The second kappa shape index (κ2) is 6.45. The number of amidine groups is 1. The molecule has 4 N–H and O–H groups in total. The van der Waals surface area contributed by atoms with Crippen molar-refractivity contribution in [1.82, 2.24) is 4.90 Å². The summed E-state index contributed by atoms with van der Waals surface area (Å²) in [5.74, 6) is 0.625. The summed E-state index contributed by atoms with van der Waals surface area (Å²) >= 11 is 0. The molecule has 0 radical (unpaired) electrons. The van der Waals surface area contributed by atoms with Crippen LogP contribution >= 0.6 is 0 Å². The first-order valence-electron chi connectivity index (χ1n) is 7.36. The Kier molecular flexibility index (Phi) is 4.85. The van der Waals surface area contributed by atoms with Crippen molar-refractivity contribution < 1.29 is 9.84 Å². The lowest BCUT2D eigenvalue weighted by molar-refractivity contribution is 0.0145. The molecule has 0 aliphatic heterocycles. The third kappa shape index (κ3) is 3.95. The summed E-state index contributed by atoms with van der Waals surface area (Å²) < 4.78 is 5.29. The number of nitrogens with two attached hydrogens (primary N) is 1. The highest BCUT2D eigenvalue weighted by Crippen LogP contribution is 2.30. The van der Waals surface area contributed by atoms with Crippen LogP contribution < -0.4 is 10.5 Å². The van der Waals surface area contributed by atoms with Crippen LogP contribution in [-0.2, 0) is 6.54 Å². The molecule has 1 aromatic rings. The summed E-state index contributed by atoms with van der Waals surface area (Å²) in [6.07, 6.45) is 4.02. The second-order valence-corrected chi connectivity index (χ2v) is 6.05. The Labute approximate surface area is 126 Å². The van der Waals surface area contributed by atoms with Crippen LogP contribution in [0.5, 0.6) is 5.75 Å². The van der Waals surface area contributed by atoms with Crippen LogP contribution in [0.15, 0.2) is 18.2 Å². The number of aliphatic hydroxyl groups is 1. The van der Waals surface area contributed by atoms with Gasteiger partial charge in [0.2, 0.25) is 0 Å². The molecule has 1 aliphatic carbocycles. The van der Waals surface area contributed by atoms with Gasteiger partial charge in [-0.3, -0.25) is 10.3 Å². The molecule has 1 saturated carbocycles. The predicted molar refractivity (Wildman–Crippen MR) is 83.8 cm³/mol. The van der Waals surface area contributed by atoms with Crippen molar-refractivity contribution in [3.63, 3.8) is 0 Å². The number of nitrogens with one attached hydrogen (secondary N) is 1. The second-order valence-electron chi connectivity index (χ2n) is 6.05. The molecule has 0 bridgehead atoms. The Morgan fingerprint density at radius 3 is 2.67 bits per heavy atom. The summed E-state index contributed by atoms with van der Waals surface area (Å²) in [4.78, 5) is 2.13. The number of nitrogens with zero attached hydrogens (tertiary/aromatic N) is 1. The van der Waals surface area contributed by atoms with Gasteiger partial charge in [0.15, 0.2) is 0 Å². The maximum atomic E-state index is 10.4. The van der Waals surface area contributed by atoms with Gasteiger partial charge in [0.1, 0.15) is 11.6 Å². The molecule has 1 aromatic carbocycles. The maximum Gasteiger partial charge on any atom is 0.130 e. The van der Waals surface area contributed by atoms with Gasteiger partial charge in [-0.15, -0.1) is 0 Å². The number of nitrogen functional groups attached to an aromatic ring is 1. The first kappa shape index (κ1) is 15.8. The third-order valence-corrected chi connectivity index (χ3v) is 4.11. The highest BCUT2D eigenvalue weighted by molar-refractivity contribution is 5.97. The quantitative estimate of drug-likeness (QED) is 0.550. The molecule has 0 unspecified atom stereocenters. The minimum Gasteiger partial charge on any atom is -0.496 e. The zero-order valence-electron chi connectivity index (χ0n) is 12.9. The molecular formula is C16H25N3O2. The summed E-state index contributed by atoms with van der Waals surface area (Å²) in [5, 5.41) is 18.0. The van der Waals surface area contributed by atoms with Gasteiger partial charge < -0.3 is 15.6 Å². The van der Waals surface area contributed by atoms with E-state index in [4.69, 9.17) is 15.9 Å². The number of methoxy groups -OCH3 is 1. The number of hydrogen-bond donors (Lipinski definition) is 3. The van der Waals surface area contributed by atoms with Gasteiger partial charge in [-0.1, -0.05) is 18.9 Å².